The summed E-state index contributed by atoms with van der Waals surface area (Å²) >= 11 is 0. The Morgan fingerprint density at radius 2 is 2.26 bits per heavy atom. The highest BCUT2D eigenvalue weighted by molar-refractivity contribution is 7.89. The lowest BCUT2D eigenvalue weighted by Crippen LogP contribution is -2.36. The van der Waals surface area contributed by atoms with Crippen molar-refractivity contribution in [1.29, 1.82) is 0 Å². The first kappa shape index (κ1) is 14.4. The molecule has 0 aliphatic carbocycles. The largest absolute Gasteiger partial charge is 0.392 e. The van der Waals surface area contributed by atoms with Gasteiger partial charge in [-0.1, -0.05) is 6.07 Å². The van der Waals surface area contributed by atoms with E-state index in [1.54, 1.807) is 0 Å². The molecule has 1 unspecified atom stereocenters. The summed E-state index contributed by atoms with van der Waals surface area (Å²) in [6, 6.07) is 3.43. The van der Waals surface area contributed by atoms with Crippen LogP contribution in [-0.4, -0.2) is 44.6 Å². The molecule has 0 radical (unpaired) electrons. The van der Waals surface area contributed by atoms with Crippen molar-refractivity contribution in [1.82, 2.24) is 9.62 Å². The van der Waals surface area contributed by atoms with Gasteiger partial charge in [-0.2, -0.15) is 0 Å². The minimum atomic E-state index is -3.86. The monoisotopic (exact) mass is 288 g/mol. The molecule has 1 fully saturated rings. The number of sulfonamides is 1. The number of likely N-dealkylation sites (tertiary alicyclic amines) is 1. The Bertz CT molecular complexity index is 562. The molecule has 5 nitrogen and oxygen atoms in total. The maximum atomic E-state index is 13.7. The lowest BCUT2D eigenvalue weighted by Gasteiger charge is -2.14. The Hall–Kier alpha value is -1.02. The number of rotatable bonds is 4. The van der Waals surface area contributed by atoms with E-state index in [4.69, 9.17) is 5.11 Å². The quantitative estimate of drug-likeness (QED) is 0.836. The smallest absolute Gasteiger partial charge is 0.243 e. The van der Waals surface area contributed by atoms with Crippen molar-refractivity contribution in [2.75, 3.05) is 20.1 Å². The van der Waals surface area contributed by atoms with Crippen LogP contribution in [0.4, 0.5) is 4.39 Å². The van der Waals surface area contributed by atoms with Crippen LogP contribution >= 0.6 is 0 Å². The summed E-state index contributed by atoms with van der Waals surface area (Å²) in [5.74, 6) is -0.842. The van der Waals surface area contributed by atoms with E-state index in [0.29, 0.717) is 18.5 Å². The normalized spacial score (nSPS) is 20.9. The fourth-order valence-corrected chi connectivity index (χ4v) is 3.50. The molecule has 0 bridgehead atoms. The maximum absolute atomic E-state index is 13.7. The predicted octanol–water partition coefficient (Wildman–Crippen LogP) is 0.300. The number of hydrogen-bond acceptors (Lipinski definition) is 4. The minimum Gasteiger partial charge on any atom is -0.392 e. The van der Waals surface area contributed by atoms with Crippen molar-refractivity contribution < 1.29 is 17.9 Å². The second-order valence-corrected chi connectivity index (χ2v) is 6.47. The molecule has 106 valence electrons. The van der Waals surface area contributed by atoms with Gasteiger partial charge in [0.05, 0.1) is 6.61 Å². The van der Waals surface area contributed by atoms with Gasteiger partial charge in [-0.25, -0.2) is 17.5 Å². The molecule has 0 amide bonds. The first-order valence-corrected chi connectivity index (χ1v) is 7.51. The van der Waals surface area contributed by atoms with Crippen molar-refractivity contribution in [3.05, 3.63) is 29.6 Å². The molecule has 2 N–H and O–H groups in total. The number of likely N-dealkylation sites (N-methyl/N-ethyl adjacent to an activating group) is 1. The molecular formula is C12H17FN2O3S. The number of benzene rings is 1. The highest BCUT2D eigenvalue weighted by Gasteiger charge is 2.27. The highest BCUT2D eigenvalue weighted by atomic mass is 32.2. The van der Waals surface area contributed by atoms with Crippen LogP contribution in [0.25, 0.3) is 0 Å². The summed E-state index contributed by atoms with van der Waals surface area (Å²) in [6.45, 7) is 1.12. The number of halogens is 1. The zero-order valence-electron chi connectivity index (χ0n) is 10.6. The molecule has 1 saturated heterocycles. The van der Waals surface area contributed by atoms with E-state index in [9.17, 15) is 12.8 Å². The van der Waals surface area contributed by atoms with E-state index in [2.05, 4.69) is 4.72 Å². The van der Waals surface area contributed by atoms with Gasteiger partial charge in [-0.3, -0.25) is 0 Å². The molecular weight excluding hydrogens is 271 g/mol. The number of aliphatic hydroxyl groups excluding tert-OH is 1. The van der Waals surface area contributed by atoms with Crippen LogP contribution in [0.3, 0.4) is 0 Å². The minimum absolute atomic E-state index is 0.188. The standard InChI is InChI=1S/C12H17FN2O3S/c1-15-5-4-10(7-15)14-19(17,18)12-3-2-9(8-16)6-11(12)13/h2-3,6,10,14,16H,4-5,7-8H2,1H3. The molecule has 19 heavy (non-hydrogen) atoms. The number of hydrogen-bond donors (Lipinski definition) is 2. The van der Waals surface area contributed by atoms with Crippen molar-refractivity contribution in [3.63, 3.8) is 0 Å². The summed E-state index contributed by atoms with van der Waals surface area (Å²) in [5, 5.41) is 8.88. The first-order chi connectivity index (χ1) is 8.92. The molecule has 1 aliphatic rings. The predicted molar refractivity (Wildman–Crippen MR) is 68.5 cm³/mol. The van der Waals surface area contributed by atoms with E-state index in [1.807, 2.05) is 11.9 Å². The summed E-state index contributed by atoms with van der Waals surface area (Å²) in [6.07, 6.45) is 0.714. The van der Waals surface area contributed by atoms with Crippen molar-refractivity contribution >= 4 is 10.0 Å². The topological polar surface area (TPSA) is 69.6 Å². The van der Waals surface area contributed by atoms with Gasteiger partial charge in [0.15, 0.2) is 0 Å². The van der Waals surface area contributed by atoms with E-state index in [1.165, 1.54) is 12.1 Å². The lowest BCUT2D eigenvalue weighted by atomic mass is 10.2. The molecule has 7 heteroatoms. The van der Waals surface area contributed by atoms with Gasteiger partial charge in [0.2, 0.25) is 10.0 Å². The van der Waals surface area contributed by atoms with E-state index in [-0.39, 0.29) is 17.5 Å². The van der Waals surface area contributed by atoms with E-state index >= 15 is 0 Å². The van der Waals surface area contributed by atoms with Crippen LogP contribution in [0, 0.1) is 5.82 Å². The van der Waals surface area contributed by atoms with Gasteiger partial charge in [0.1, 0.15) is 10.7 Å². The van der Waals surface area contributed by atoms with Gasteiger partial charge >= 0.3 is 0 Å². The van der Waals surface area contributed by atoms with Crippen molar-refractivity contribution in [3.8, 4) is 0 Å². The van der Waals surface area contributed by atoms with E-state index < -0.39 is 15.8 Å². The van der Waals surface area contributed by atoms with Gasteiger partial charge in [0, 0.05) is 12.6 Å². The molecule has 1 heterocycles. The summed E-state index contributed by atoms with van der Waals surface area (Å²) < 4.78 is 40.4. The molecule has 0 spiro atoms. The molecule has 1 aromatic carbocycles. The fraction of sp³-hybridized carbons (Fsp3) is 0.500. The third kappa shape index (κ3) is 3.30. The summed E-state index contributed by atoms with van der Waals surface area (Å²) in [4.78, 5) is 1.64. The lowest BCUT2D eigenvalue weighted by molar-refractivity contribution is 0.281. The Morgan fingerprint density at radius 1 is 1.53 bits per heavy atom. The van der Waals surface area contributed by atoms with Crippen molar-refractivity contribution in [2.24, 2.45) is 0 Å². The van der Waals surface area contributed by atoms with Gasteiger partial charge in [0.25, 0.3) is 0 Å². The number of nitrogens with zero attached hydrogens (tertiary/aromatic N) is 1. The van der Waals surface area contributed by atoms with Crippen LogP contribution in [0.5, 0.6) is 0 Å². The average Bonchev–Trinajstić information content (AvgIpc) is 2.73. The second-order valence-electron chi connectivity index (χ2n) is 4.79. The van der Waals surface area contributed by atoms with Gasteiger partial charge in [-0.05, 0) is 37.7 Å². The zero-order valence-corrected chi connectivity index (χ0v) is 11.5. The number of aliphatic hydroxyl groups is 1. The average molecular weight is 288 g/mol. The van der Waals surface area contributed by atoms with Crippen molar-refractivity contribution in [2.45, 2.75) is 24.0 Å². The molecule has 0 aromatic heterocycles. The van der Waals surface area contributed by atoms with Crippen LogP contribution in [-0.2, 0) is 16.6 Å². The Kier molecular flexibility index (Phi) is 4.19. The maximum Gasteiger partial charge on any atom is 0.243 e. The second kappa shape index (κ2) is 5.54. The Balaban J connectivity index is 2.19. The van der Waals surface area contributed by atoms with Crippen LogP contribution in [0.1, 0.15) is 12.0 Å². The SMILES string of the molecule is CN1CCC(NS(=O)(=O)c2ccc(CO)cc2F)C1. The van der Waals surface area contributed by atoms with E-state index in [0.717, 1.165) is 12.6 Å². The van der Waals surface area contributed by atoms with Crippen LogP contribution in [0.15, 0.2) is 23.1 Å². The molecule has 1 aromatic rings. The Labute approximate surface area is 112 Å². The van der Waals surface area contributed by atoms with Gasteiger partial charge in [-0.15, -0.1) is 0 Å². The molecule has 1 atom stereocenters. The highest BCUT2D eigenvalue weighted by Crippen LogP contribution is 2.18. The number of nitrogens with one attached hydrogen (secondary N) is 1. The molecule has 0 saturated carbocycles. The fourth-order valence-electron chi connectivity index (χ4n) is 2.17. The van der Waals surface area contributed by atoms with Gasteiger partial charge < -0.3 is 10.0 Å². The first-order valence-electron chi connectivity index (χ1n) is 6.02. The van der Waals surface area contributed by atoms with Crippen LogP contribution < -0.4 is 4.72 Å². The third-order valence-corrected chi connectivity index (χ3v) is 4.74. The molecule has 1 aliphatic heterocycles. The summed E-state index contributed by atoms with van der Waals surface area (Å²) in [5.41, 5.74) is 0.344. The third-order valence-electron chi connectivity index (χ3n) is 3.18. The zero-order chi connectivity index (χ0) is 14.0. The summed E-state index contributed by atoms with van der Waals surface area (Å²) in [7, 11) is -1.95. The molecule has 2 rings (SSSR count). The van der Waals surface area contributed by atoms with Crippen LogP contribution in [0.2, 0.25) is 0 Å². The Morgan fingerprint density at radius 3 is 2.79 bits per heavy atom.